The standard InChI is InChI=1S/C10H9NO2S.ClH/c11-10(13)9(12)7-5-14-8-4-2-1-3-6(7)8;/h1-5,9,12H,(H2,11,13);1H. The number of nitrogens with two attached hydrogens (primary N) is 1. The Hall–Kier alpha value is -1.10. The van der Waals surface area contributed by atoms with E-state index in [0.717, 1.165) is 10.1 Å². The van der Waals surface area contributed by atoms with Gasteiger partial charge in [0.2, 0.25) is 0 Å². The first-order valence-corrected chi connectivity index (χ1v) is 5.01. The monoisotopic (exact) mass is 243 g/mol. The fourth-order valence-electron chi connectivity index (χ4n) is 1.36. The van der Waals surface area contributed by atoms with Gasteiger partial charge in [-0.2, -0.15) is 0 Å². The molecule has 80 valence electrons. The van der Waals surface area contributed by atoms with Gasteiger partial charge in [-0.25, -0.2) is 0 Å². The highest BCUT2D eigenvalue weighted by atomic mass is 35.5. The Bertz CT molecular complexity index is 483. The second kappa shape index (κ2) is 4.61. The van der Waals surface area contributed by atoms with Crippen molar-refractivity contribution >= 4 is 39.7 Å². The Labute approximate surface area is 96.9 Å². The maximum atomic E-state index is 10.8. The van der Waals surface area contributed by atoms with Crippen molar-refractivity contribution in [2.45, 2.75) is 6.10 Å². The number of benzene rings is 1. The van der Waals surface area contributed by atoms with Crippen LogP contribution in [0, 0.1) is 0 Å². The zero-order valence-electron chi connectivity index (χ0n) is 7.71. The number of hydrogen-bond acceptors (Lipinski definition) is 3. The second-order valence-corrected chi connectivity index (χ2v) is 3.90. The lowest BCUT2D eigenvalue weighted by atomic mass is 10.1. The van der Waals surface area contributed by atoms with E-state index in [9.17, 15) is 9.90 Å². The third-order valence-electron chi connectivity index (χ3n) is 2.08. The molecule has 0 radical (unpaired) electrons. The number of thiophene rings is 1. The summed E-state index contributed by atoms with van der Waals surface area (Å²) in [6.07, 6.45) is -1.20. The molecule has 1 amide bonds. The summed E-state index contributed by atoms with van der Waals surface area (Å²) in [5.41, 5.74) is 5.63. The minimum atomic E-state index is -1.20. The van der Waals surface area contributed by atoms with E-state index in [4.69, 9.17) is 5.73 Å². The Morgan fingerprint density at radius 3 is 2.73 bits per heavy atom. The molecular formula is C10H10ClNO2S. The van der Waals surface area contributed by atoms with E-state index < -0.39 is 12.0 Å². The number of primary amides is 1. The molecule has 5 heteroatoms. The van der Waals surface area contributed by atoms with Gasteiger partial charge in [-0.15, -0.1) is 23.7 Å². The van der Waals surface area contributed by atoms with Crippen molar-refractivity contribution in [2.75, 3.05) is 0 Å². The number of carbonyl (C=O) groups excluding carboxylic acids is 1. The molecule has 1 atom stereocenters. The number of hydrogen-bond donors (Lipinski definition) is 2. The van der Waals surface area contributed by atoms with Gasteiger partial charge in [0.05, 0.1) is 0 Å². The number of amides is 1. The molecule has 0 fully saturated rings. The van der Waals surface area contributed by atoms with Crippen molar-refractivity contribution in [3.8, 4) is 0 Å². The maximum Gasteiger partial charge on any atom is 0.250 e. The van der Waals surface area contributed by atoms with Crippen LogP contribution in [-0.2, 0) is 4.79 Å². The van der Waals surface area contributed by atoms with Gasteiger partial charge in [-0.3, -0.25) is 4.79 Å². The van der Waals surface area contributed by atoms with Crippen LogP contribution in [0.1, 0.15) is 11.7 Å². The fraction of sp³-hybridized carbons (Fsp3) is 0.100. The van der Waals surface area contributed by atoms with Gasteiger partial charge >= 0.3 is 0 Å². The van der Waals surface area contributed by atoms with Crippen LogP contribution in [0.15, 0.2) is 29.6 Å². The van der Waals surface area contributed by atoms with Crippen LogP contribution < -0.4 is 5.73 Å². The van der Waals surface area contributed by atoms with Crippen LogP contribution in [0.4, 0.5) is 0 Å². The van der Waals surface area contributed by atoms with Gasteiger partial charge in [0, 0.05) is 10.3 Å². The number of carbonyl (C=O) groups is 1. The van der Waals surface area contributed by atoms with Crippen molar-refractivity contribution in [3.63, 3.8) is 0 Å². The Balaban J connectivity index is 0.00000112. The van der Waals surface area contributed by atoms with Gasteiger partial charge in [0.1, 0.15) is 0 Å². The summed E-state index contributed by atoms with van der Waals surface area (Å²) in [7, 11) is 0. The lowest BCUT2D eigenvalue weighted by molar-refractivity contribution is -0.126. The van der Waals surface area contributed by atoms with E-state index in [1.54, 1.807) is 5.38 Å². The van der Waals surface area contributed by atoms with Gasteiger partial charge in [-0.1, -0.05) is 18.2 Å². The molecule has 2 aromatic rings. The topological polar surface area (TPSA) is 63.3 Å². The predicted molar refractivity (Wildman–Crippen MR) is 63.2 cm³/mol. The molecule has 3 N–H and O–H groups in total. The molecule has 0 aliphatic carbocycles. The SMILES string of the molecule is Cl.NC(=O)C(O)c1csc2ccccc12. The minimum absolute atomic E-state index is 0. The molecule has 2 rings (SSSR count). The molecule has 0 bridgehead atoms. The number of aliphatic hydroxyl groups excluding tert-OH is 1. The molecule has 0 saturated carbocycles. The van der Waals surface area contributed by atoms with E-state index in [2.05, 4.69) is 0 Å². The van der Waals surface area contributed by atoms with E-state index in [0.29, 0.717) is 5.56 Å². The maximum absolute atomic E-state index is 10.8. The lowest BCUT2D eigenvalue weighted by Gasteiger charge is -2.03. The predicted octanol–water partition coefficient (Wildman–Crippen LogP) is 1.84. The first-order chi connectivity index (χ1) is 6.70. The number of rotatable bonds is 2. The van der Waals surface area contributed by atoms with Gasteiger partial charge < -0.3 is 10.8 Å². The molecule has 0 saturated heterocycles. The summed E-state index contributed by atoms with van der Waals surface area (Å²) in [5.74, 6) is -0.714. The fourth-order valence-corrected chi connectivity index (χ4v) is 2.34. The molecule has 0 aliphatic rings. The van der Waals surface area contributed by atoms with E-state index >= 15 is 0 Å². The van der Waals surface area contributed by atoms with Crippen LogP contribution in [0.5, 0.6) is 0 Å². The van der Waals surface area contributed by atoms with Crippen LogP contribution in [0.2, 0.25) is 0 Å². The third kappa shape index (κ3) is 2.12. The quantitative estimate of drug-likeness (QED) is 0.846. The van der Waals surface area contributed by atoms with Crippen LogP contribution in [0.3, 0.4) is 0 Å². The van der Waals surface area contributed by atoms with Crippen molar-refractivity contribution in [1.29, 1.82) is 0 Å². The zero-order valence-corrected chi connectivity index (χ0v) is 9.35. The Kier molecular flexibility index (Phi) is 3.68. The summed E-state index contributed by atoms with van der Waals surface area (Å²) >= 11 is 1.49. The molecule has 1 heterocycles. The van der Waals surface area contributed by atoms with Crippen LogP contribution >= 0.6 is 23.7 Å². The minimum Gasteiger partial charge on any atom is -0.378 e. The van der Waals surface area contributed by atoms with Gasteiger partial charge in [0.15, 0.2) is 6.10 Å². The summed E-state index contributed by atoms with van der Waals surface area (Å²) in [4.78, 5) is 10.8. The van der Waals surface area contributed by atoms with E-state index in [-0.39, 0.29) is 12.4 Å². The summed E-state index contributed by atoms with van der Waals surface area (Å²) in [6, 6.07) is 7.59. The molecule has 15 heavy (non-hydrogen) atoms. The van der Waals surface area contributed by atoms with Crippen molar-refractivity contribution < 1.29 is 9.90 Å². The van der Waals surface area contributed by atoms with E-state index in [1.165, 1.54) is 11.3 Å². The van der Waals surface area contributed by atoms with Crippen LogP contribution in [-0.4, -0.2) is 11.0 Å². The Morgan fingerprint density at radius 2 is 2.07 bits per heavy atom. The highest BCUT2D eigenvalue weighted by Gasteiger charge is 2.17. The smallest absolute Gasteiger partial charge is 0.250 e. The van der Waals surface area contributed by atoms with Crippen molar-refractivity contribution in [1.82, 2.24) is 0 Å². The first kappa shape index (κ1) is 12.0. The summed E-state index contributed by atoms with van der Waals surface area (Å²) < 4.78 is 1.04. The molecule has 1 aromatic carbocycles. The van der Waals surface area contributed by atoms with Crippen LogP contribution in [0.25, 0.3) is 10.1 Å². The summed E-state index contributed by atoms with van der Waals surface area (Å²) in [6.45, 7) is 0. The van der Waals surface area contributed by atoms with E-state index in [1.807, 2.05) is 24.3 Å². The second-order valence-electron chi connectivity index (χ2n) is 2.99. The highest BCUT2D eigenvalue weighted by molar-refractivity contribution is 7.17. The number of aliphatic hydroxyl groups is 1. The highest BCUT2D eigenvalue weighted by Crippen LogP contribution is 2.29. The average molecular weight is 244 g/mol. The molecule has 0 aliphatic heterocycles. The summed E-state index contributed by atoms with van der Waals surface area (Å²) in [5, 5.41) is 12.2. The number of halogens is 1. The normalized spacial score (nSPS) is 12.1. The van der Waals surface area contributed by atoms with Gasteiger partial charge in [0.25, 0.3) is 5.91 Å². The first-order valence-electron chi connectivity index (χ1n) is 4.13. The van der Waals surface area contributed by atoms with Gasteiger partial charge in [-0.05, 0) is 16.8 Å². The molecule has 3 nitrogen and oxygen atoms in total. The van der Waals surface area contributed by atoms with Crippen molar-refractivity contribution in [3.05, 3.63) is 35.2 Å². The third-order valence-corrected chi connectivity index (χ3v) is 3.06. The largest absolute Gasteiger partial charge is 0.378 e. The molecule has 1 aromatic heterocycles. The lowest BCUT2D eigenvalue weighted by Crippen LogP contribution is -2.20. The Morgan fingerprint density at radius 1 is 1.40 bits per heavy atom. The average Bonchev–Trinajstić information content (AvgIpc) is 2.60. The molecular weight excluding hydrogens is 234 g/mol. The molecule has 1 unspecified atom stereocenters. The zero-order chi connectivity index (χ0) is 10.1. The van der Waals surface area contributed by atoms with Crippen molar-refractivity contribution in [2.24, 2.45) is 5.73 Å². The molecule has 0 spiro atoms. The number of fused-ring (bicyclic) bond motifs is 1.